The molecule has 0 saturated heterocycles. The van der Waals surface area contributed by atoms with Gasteiger partial charge in [0.15, 0.2) is 0 Å². The standard InChI is InChI=1S/C19H21FN2O4S/c1-26-13-12-21-18(23)19(10-11-19)14-2-6-16(7-3-14)22-27(24,25)17-8-4-15(20)5-9-17/h2-9,22H,10-13H2,1H3,(H,21,23). The van der Waals surface area contributed by atoms with Gasteiger partial charge in [-0.2, -0.15) is 0 Å². The molecule has 2 aromatic rings. The number of rotatable bonds is 8. The molecule has 1 amide bonds. The lowest BCUT2D eigenvalue weighted by atomic mass is 9.95. The Labute approximate surface area is 157 Å². The van der Waals surface area contributed by atoms with Gasteiger partial charge in [0.05, 0.1) is 16.9 Å². The maximum absolute atomic E-state index is 13.0. The van der Waals surface area contributed by atoms with Crippen molar-refractivity contribution in [3.8, 4) is 0 Å². The van der Waals surface area contributed by atoms with Crippen LogP contribution in [0.5, 0.6) is 0 Å². The molecule has 0 spiro atoms. The third-order valence-electron chi connectivity index (χ3n) is 4.59. The smallest absolute Gasteiger partial charge is 0.261 e. The molecule has 0 aliphatic heterocycles. The topological polar surface area (TPSA) is 84.5 Å². The first kappa shape index (κ1) is 19.3. The number of halogens is 1. The van der Waals surface area contributed by atoms with Crippen molar-refractivity contribution in [2.45, 2.75) is 23.2 Å². The minimum absolute atomic E-state index is 0.0239. The summed E-state index contributed by atoms with van der Waals surface area (Å²) in [4.78, 5) is 12.4. The number of ether oxygens (including phenoxy) is 1. The van der Waals surface area contributed by atoms with E-state index in [1.54, 1.807) is 31.4 Å². The molecule has 1 aliphatic carbocycles. The Bertz CT molecular complexity index is 908. The second-order valence-corrected chi connectivity index (χ2v) is 8.15. The number of methoxy groups -OCH3 is 1. The van der Waals surface area contributed by atoms with E-state index in [-0.39, 0.29) is 10.8 Å². The number of hydrogen-bond acceptors (Lipinski definition) is 4. The molecule has 144 valence electrons. The monoisotopic (exact) mass is 392 g/mol. The molecule has 0 bridgehead atoms. The van der Waals surface area contributed by atoms with Gasteiger partial charge < -0.3 is 10.1 Å². The highest BCUT2D eigenvalue weighted by atomic mass is 32.2. The minimum Gasteiger partial charge on any atom is -0.383 e. The molecule has 0 atom stereocenters. The van der Waals surface area contributed by atoms with Crippen LogP contribution in [0, 0.1) is 5.82 Å². The van der Waals surface area contributed by atoms with Crippen LogP contribution >= 0.6 is 0 Å². The first-order chi connectivity index (χ1) is 12.9. The van der Waals surface area contributed by atoms with Gasteiger partial charge in [-0.1, -0.05) is 12.1 Å². The molecule has 1 aliphatic rings. The van der Waals surface area contributed by atoms with E-state index in [0.717, 1.165) is 30.5 Å². The number of nitrogens with one attached hydrogen (secondary N) is 2. The summed E-state index contributed by atoms with van der Waals surface area (Å²) in [6, 6.07) is 11.4. The van der Waals surface area contributed by atoms with E-state index in [9.17, 15) is 17.6 Å². The third kappa shape index (κ3) is 4.28. The van der Waals surface area contributed by atoms with E-state index in [0.29, 0.717) is 18.8 Å². The summed E-state index contributed by atoms with van der Waals surface area (Å²) in [5.41, 5.74) is 0.683. The van der Waals surface area contributed by atoms with Crippen LogP contribution in [0.2, 0.25) is 0 Å². The lowest BCUT2D eigenvalue weighted by Gasteiger charge is -2.16. The van der Waals surface area contributed by atoms with Gasteiger partial charge in [-0.25, -0.2) is 12.8 Å². The Kier molecular flexibility index (Phi) is 5.48. The van der Waals surface area contributed by atoms with E-state index in [2.05, 4.69) is 10.0 Å². The van der Waals surface area contributed by atoms with Crippen LogP contribution in [-0.2, 0) is 25.0 Å². The zero-order valence-corrected chi connectivity index (χ0v) is 15.7. The number of carbonyl (C=O) groups excluding carboxylic acids is 1. The molecular weight excluding hydrogens is 371 g/mol. The lowest BCUT2D eigenvalue weighted by molar-refractivity contribution is -0.123. The highest BCUT2D eigenvalue weighted by Crippen LogP contribution is 2.48. The zero-order valence-electron chi connectivity index (χ0n) is 14.9. The molecule has 6 nitrogen and oxygen atoms in total. The fourth-order valence-electron chi connectivity index (χ4n) is 2.89. The van der Waals surface area contributed by atoms with Gasteiger partial charge in [-0.05, 0) is 54.8 Å². The molecule has 0 radical (unpaired) electrons. The maximum atomic E-state index is 13.0. The normalized spacial score (nSPS) is 15.2. The van der Waals surface area contributed by atoms with Crippen molar-refractivity contribution < 1.29 is 22.3 Å². The molecule has 0 unspecified atom stereocenters. The number of anilines is 1. The minimum atomic E-state index is -3.80. The van der Waals surface area contributed by atoms with E-state index >= 15 is 0 Å². The van der Waals surface area contributed by atoms with Crippen LogP contribution in [0.25, 0.3) is 0 Å². The van der Waals surface area contributed by atoms with Crippen molar-refractivity contribution in [1.29, 1.82) is 0 Å². The number of amides is 1. The summed E-state index contributed by atoms with van der Waals surface area (Å²) in [5.74, 6) is -0.545. The van der Waals surface area contributed by atoms with Gasteiger partial charge in [-0.3, -0.25) is 9.52 Å². The average Bonchev–Trinajstić information content (AvgIpc) is 3.44. The zero-order chi connectivity index (χ0) is 19.5. The quantitative estimate of drug-likeness (QED) is 0.676. The van der Waals surface area contributed by atoms with Crippen molar-refractivity contribution in [2.24, 2.45) is 0 Å². The molecule has 2 N–H and O–H groups in total. The van der Waals surface area contributed by atoms with Gasteiger partial charge in [0, 0.05) is 19.3 Å². The van der Waals surface area contributed by atoms with Crippen molar-refractivity contribution in [1.82, 2.24) is 5.32 Å². The second-order valence-electron chi connectivity index (χ2n) is 6.47. The Balaban J connectivity index is 1.70. The number of hydrogen-bond donors (Lipinski definition) is 2. The molecule has 1 fully saturated rings. The molecule has 1 saturated carbocycles. The van der Waals surface area contributed by atoms with Gasteiger partial charge in [0.25, 0.3) is 10.0 Å². The summed E-state index contributed by atoms with van der Waals surface area (Å²) < 4.78 is 45.1. The van der Waals surface area contributed by atoms with Crippen LogP contribution in [0.4, 0.5) is 10.1 Å². The average molecular weight is 392 g/mol. The van der Waals surface area contributed by atoms with E-state index in [1.165, 1.54) is 12.1 Å². The Morgan fingerprint density at radius 1 is 1.11 bits per heavy atom. The predicted octanol–water partition coefficient (Wildman–Crippen LogP) is 2.42. The molecule has 27 heavy (non-hydrogen) atoms. The van der Waals surface area contributed by atoms with Crippen molar-refractivity contribution in [2.75, 3.05) is 25.0 Å². The molecule has 0 aromatic heterocycles. The Morgan fingerprint density at radius 3 is 2.30 bits per heavy atom. The molecule has 2 aromatic carbocycles. The van der Waals surface area contributed by atoms with Crippen LogP contribution in [0.3, 0.4) is 0 Å². The summed E-state index contributed by atoms with van der Waals surface area (Å²) in [6.07, 6.45) is 1.51. The molecule has 3 rings (SSSR count). The van der Waals surface area contributed by atoms with Crippen molar-refractivity contribution in [3.63, 3.8) is 0 Å². The summed E-state index contributed by atoms with van der Waals surface area (Å²) in [5, 5.41) is 2.86. The summed E-state index contributed by atoms with van der Waals surface area (Å²) in [7, 11) is -2.23. The van der Waals surface area contributed by atoms with E-state index in [4.69, 9.17) is 4.74 Å². The van der Waals surface area contributed by atoms with Crippen LogP contribution in [-0.4, -0.2) is 34.6 Å². The highest BCUT2D eigenvalue weighted by Gasteiger charge is 2.51. The molecule has 0 heterocycles. The van der Waals surface area contributed by atoms with Gasteiger partial charge in [0.1, 0.15) is 5.82 Å². The predicted molar refractivity (Wildman–Crippen MR) is 99.4 cm³/mol. The van der Waals surface area contributed by atoms with Crippen LogP contribution < -0.4 is 10.0 Å². The fraction of sp³-hybridized carbons (Fsp3) is 0.316. The number of benzene rings is 2. The Morgan fingerprint density at radius 2 is 1.74 bits per heavy atom. The first-order valence-electron chi connectivity index (χ1n) is 8.54. The highest BCUT2D eigenvalue weighted by molar-refractivity contribution is 7.92. The Hall–Kier alpha value is -2.45. The van der Waals surface area contributed by atoms with E-state index in [1.807, 2.05) is 0 Å². The fourth-order valence-corrected chi connectivity index (χ4v) is 3.95. The maximum Gasteiger partial charge on any atom is 0.261 e. The first-order valence-corrected chi connectivity index (χ1v) is 10.0. The van der Waals surface area contributed by atoms with Crippen LogP contribution in [0.15, 0.2) is 53.4 Å². The SMILES string of the molecule is COCCNC(=O)C1(c2ccc(NS(=O)(=O)c3ccc(F)cc3)cc2)CC1. The second kappa shape index (κ2) is 7.66. The lowest BCUT2D eigenvalue weighted by Crippen LogP contribution is -2.36. The molecular formula is C19H21FN2O4S. The van der Waals surface area contributed by atoms with Crippen molar-refractivity contribution in [3.05, 3.63) is 59.9 Å². The van der Waals surface area contributed by atoms with E-state index < -0.39 is 21.3 Å². The van der Waals surface area contributed by atoms with Gasteiger partial charge in [-0.15, -0.1) is 0 Å². The largest absolute Gasteiger partial charge is 0.383 e. The summed E-state index contributed by atoms with van der Waals surface area (Å²) in [6.45, 7) is 0.901. The van der Waals surface area contributed by atoms with Crippen molar-refractivity contribution >= 4 is 21.6 Å². The number of carbonyl (C=O) groups is 1. The third-order valence-corrected chi connectivity index (χ3v) is 5.99. The van der Waals surface area contributed by atoms with Crippen LogP contribution in [0.1, 0.15) is 18.4 Å². The summed E-state index contributed by atoms with van der Waals surface area (Å²) >= 11 is 0. The molecule has 8 heteroatoms. The number of sulfonamides is 1. The van der Waals surface area contributed by atoms with Gasteiger partial charge in [0.2, 0.25) is 5.91 Å². The van der Waals surface area contributed by atoms with Gasteiger partial charge >= 0.3 is 0 Å².